The molecule has 14 heavy (non-hydrogen) atoms. The average Bonchev–Trinajstić information content (AvgIpc) is 2.66. The van der Waals surface area contributed by atoms with Crippen LogP contribution in [0.15, 0.2) is 24.5 Å². The predicted octanol–water partition coefficient (Wildman–Crippen LogP) is 2.49. The minimum Gasteiger partial charge on any atom is -0.345 e. The standard InChI is InChI=1S/C9H5F3N2/c10-6-3-5(4-7(11)8(6)12)9-13-1-2-14-9/h1-4H,(H,13,14). The van der Waals surface area contributed by atoms with Gasteiger partial charge in [-0.1, -0.05) is 0 Å². The van der Waals surface area contributed by atoms with E-state index < -0.39 is 17.5 Å². The first kappa shape index (κ1) is 8.80. The van der Waals surface area contributed by atoms with Crippen LogP contribution in [0.3, 0.4) is 0 Å². The van der Waals surface area contributed by atoms with Crippen molar-refractivity contribution in [1.82, 2.24) is 9.97 Å². The summed E-state index contributed by atoms with van der Waals surface area (Å²) in [4.78, 5) is 6.45. The number of imidazole rings is 1. The Labute approximate surface area is 77.4 Å². The fourth-order valence-electron chi connectivity index (χ4n) is 1.12. The topological polar surface area (TPSA) is 28.7 Å². The molecule has 0 amide bonds. The molecule has 2 aromatic rings. The molecule has 0 aliphatic rings. The SMILES string of the molecule is Fc1cc(-c2ncc[nH]2)cc(F)c1F. The van der Waals surface area contributed by atoms with Crippen molar-refractivity contribution in [3.05, 3.63) is 42.0 Å². The van der Waals surface area contributed by atoms with Crippen molar-refractivity contribution in [2.24, 2.45) is 0 Å². The van der Waals surface area contributed by atoms with E-state index in [0.717, 1.165) is 12.1 Å². The van der Waals surface area contributed by atoms with E-state index in [2.05, 4.69) is 9.97 Å². The maximum atomic E-state index is 12.8. The second kappa shape index (κ2) is 3.17. The number of rotatable bonds is 1. The lowest BCUT2D eigenvalue weighted by molar-refractivity contribution is 0.447. The summed E-state index contributed by atoms with van der Waals surface area (Å²) in [6, 6.07) is 1.77. The van der Waals surface area contributed by atoms with Gasteiger partial charge in [0.2, 0.25) is 0 Å². The number of hydrogen-bond donors (Lipinski definition) is 1. The van der Waals surface area contributed by atoms with E-state index in [0.29, 0.717) is 5.82 Å². The van der Waals surface area contributed by atoms with Gasteiger partial charge in [-0.05, 0) is 12.1 Å². The molecule has 1 aromatic heterocycles. The molecule has 0 atom stereocenters. The fourth-order valence-corrected chi connectivity index (χ4v) is 1.12. The van der Waals surface area contributed by atoms with Crippen LogP contribution in [0.4, 0.5) is 13.2 Å². The number of halogens is 3. The van der Waals surface area contributed by atoms with Crippen LogP contribution in [-0.4, -0.2) is 9.97 Å². The van der Waals surface area contributed by atoms with Gasteiger partial charge in [0.1, 0.15) is 5.82 Å². The minimum absolute atomic E-state index is 0.173. The van der Waals surface area contributed by atoms with Gasteiger partial charge in [-0.3, -0.25) is 0 Å². The van der Waals surface area contributed by atoms with Gasteiger partial charge in [-0.15, -0.1) is 0 Å². The zero-order valence-corrected chi connectivity index (χ0v) is 6.89. The molecule has 0 aliphatic heterocycles. The molecule has 1 heterocycles. The number of hydrogen-bond acceptors (Lipinski definition) is 1. The van der Waals surface area contributed by atoms with Gasteiger partial charge < -0.3 is 4.98 Å². The molecule has 2 nitrogen and oxygen atoms in total. The molecule has 0 bridgehead atoms. The number of aromatic nitrogens is 2. The fraction of sp³-hybridized carbons (Fsp3) is 0. The van der Waals surface area contributed by atoms with Crippen molar-refractivity contribution in [3.8, 4) is 11.4 Å². The maximum absolute atomic E-state index is 12.8. The zero-order valence-electron chi connectivity index (χ0n) is 6.89. The van der Waals surface area contributed by atoms with E-state index in [4.69, 9.17) is 0 Å². The van der Waals surface area contributed by atoms with Crippen LogP contribution >= 0.6 is 0 Å². The van der Waals surface area contributed by atoms with Crippen LogP contribution in [0.2, 0.25) is 0 Å². The third-order valence-corrected chi connectivity index (χ3v) is 1.76. The molecule has 1 N–H and O–H groups in total. The predicted molar refractivity (Wildman–Crippen MR) is 43.9 cm³/mol. The number of aromatic amines is 1. The molecule has 0 saturated heterocycles. The Morgan fingerprint density at radius 2 is 1.71 bits per heavy atom. The highest BCUT2D eigenvalue weighted by atomic mass is 19.2. The third-order valence-electron chi connectivity index (χ3n) is 1.76. The normalized spacial score (nSPS) is 10.5. The van der Waals surface area contributed by atoms with Gasteiger partial charge in [-0.25, -0.2) is 18.2 Å². The van der Waals surface area contributed by atoms with E-state index >= 15 is 0 Å². The molecule has 0 fully saturated rings. The van der Waals surface area contributed by atoms with Crippen LogP contribution in [0, 0.1) is 17.5 Å². The van der Waals surface area contributed by atoms with Crippen LogP contribution in [-0.2, 0) is 0 Å². The van der Waals surface area contributed by atoms with Crippen molar-refractivity contribution < 1.29 is 13.2 Å². The Balaban J connectivity index is 2.57. The van der Waals surface area contributed by atoms with Gasteiger partial charge >= 0.3 is 0 Å². The van der Waals surface area contributed by atoms with Gasteiger partial charge in [0.25, 0.3) is 0 Å². The highest BCUT2D eigenvalue weighted by Crippen LogP contribution is 2.20. The Morgan fingerprint density at radius 3 is 2.21 bits per heavy atom. The Morgan fingerprint density at radius 1 is 1.07 bits per heavy atom. The van der Waals surface area contributed by atoms with Crippen molar-refractivity contribution in [2.75, 3.05) is 0 Å². The van der Waals surface area contributed by atoms with Crippen molar-refractivity contribution in [3.63, 3.8) is 0 Å². The second-order valence-corrected chi connectivity index (χ2v) is 2.69. The first-order chi connectivity index (χ1) is 6.68. The summed E-state index contributed by atoms with van der Waals surface area (Å²) in [5.74, 6) is -3.63. The van der Waals surface area contributed by atoms with Crippen LogP contribution < -0.4 is 0 Å². The summed E-state index contributed by atoms with van der Waals surface area (Å²) in [5, 5.41) is 0. The Kier molecular flexibility index (Phi) is 1.99. The molecule has 0 spiro atoms. The van der Waals surface area contributed by atoms with Crippen LogP contribution in [0.5, 0.6) is 0 Å². The molecule has 2 rings (SSSR count). The molecule has 0 aliphatic carbocycles. The maximum Gasteiger partial charge on any atom is 0.194 e. The number of nitrogens with zero attached hydrogens (tertiary/aromatic N) is 1. The minimum atomic E-state index is -1.47. The van der Waals surface area contributed by atoms with Gasteiger partial charge in [0.15, 0.2) is 17.5 Å². The summed E-state index contributed by atoms with van der Waals surface area (Å²) in [5.41, 5.74) is 0.173. The molecule has 72 valence electrons. The molecule has 5 heteroatoms. The third kappa shape index (κ3) is 1.37. The first-order valence-corrected chi connectivity index (χ1v) is 3.83. The summed E-state index contributed by atoms with van der Waals surface area (Å²) >= 11 is 0. The number of nitrogens with one attached hydrogen (secondary N) is 1. The van der Waals surface area contributed by atoms with Crippen molar-refractivity contribution in [2.45, 2.75) is 0 Å². The molecular weight excluding hydrogens is 193 g/mol. The Hall–Kier alpha value is -1.78. The van der Waals surface area contributed by atoms with E-state index in [-0.39, 0.29) is 5.56 Å². The number of benzene rings is 1. The number of H-pyrrole nitrogens is 1. The molecular formula is C9H5F3N2. The summed E-state index contributed by atoms with van der Waals surface area (Å²) in [6.45, 7) is 0. The second-order valence-electron chi connectivity index (χ2n) is 2.69. The van der Waals surface area contributed by atoms with E-state index in [1.54, 1.807) is 0 Å². The molecule has 0 radical (unpaired) electrons. The quantitative estimate of drug-likeness (QED) is 0.700. The van der Waals surface area contributed by atoms with E-state index in [1.807, 2.05) is 0 Å². The molecule has 0 unspecified atom stereocenters. The lowest BCUT2D eigenvalue weighted by Crippen LogP contribution is -1.92. The Bertz CT molecular complexity index is 428. The largest absolute Gasteiger partial charge is 0.345 e. The van der Waals surface area contributed by atoms with Crippen LogP contribution in [0.1, 0.15) is 0 Å². The highest BCUT2D eigenvalue weighted by Gasteiger charge is 2.12. The van der Waals surface area contributed by atoms with Gasteiger partial charge in [0.05, 0.1) is 0 Å². The summed E-state index contributed by atoms with van der Waals surface area (Å²) in [7, 11) is 0. The van der Waals surface area contributed by atoms with Gasteiger partial charge in [0, 0.05) is 18.0 Å². The highest BCUT2D eigenvalue weighted by molar-refractivity contribution is 5.54. The van der Waals surface area contributed by atoms with Gasteiger partial charge in [-0.2, -0.15) is 0 Å². The summed E-state index contributed by atoms with van der Waals surface area (Å²) in [6.07, 6.45) is 2.95. The monoisotopic (exact) mass is 198 g/mol. The molecule has 0 saturated carbocycles. The van der Waals surface area contributed by atoms with E-state index in [9.17, 15) is 13.2 Å². The first-order valence-electron chi connectivity index (χ1n) is 3.83. The van der Waals surface area contributed by atoms with Crippen molar-refractivity contribution in [1.29, 1.82) is 0 Å². The zero-order chi connectivity index (χ0) is 10.1. The smallest absolute Gasteiger partial charge is 0.194 e. The van der Waals surface area contributed by atoms with Crippen LogP contribution in [0.25, 0.3) is 11.4 Å². The average molecular weight is 198 g/mol. The lowest BCUT2D eigenvalue weighted by Gasteiger charge is -1.99. The molecule has 1 aromatic carbocycles. The lowest BCUT2D eigenvalue weighted by atomic mass is 10.2. The summed E-state index contributed by atoms with van der Waals surface area (Å²) < 4.78 is 38.1. The van der Waals surface area contributed by atoms with Crippen molar-refractivity contribution >= 4 is 0 Å². The van der Waals surface area contributed by atoms with E-state index in [1.165, 1.54) is 12.4 Å².